The van der Waals surface area contributed by atoms with Gasteiger partial charge in [0.1, 0.15) is 11.6 Å². The number of likely N-dealkylation sites (N-methyl/N-ethyl adjacent to an activating group) is 2. The summed E-state index contributed by atoms with van der Waals surface area (Å²) in [5.74, 6) is 2.26. The van der Waals surface area contributed by atoms with Crippen LogP contribution in [0.1, 0.15) is 37.3 Å². The average molecular weight is 263 g/mol. The monoisotopic (exact) mass is 263 g/mol. The summed E-state index contributed by atoms with van der Waals surface area (Å²) >= 11 is 0. The maximum Gasteiger partial charge on any atom is 0.149 e. The summed E-state index contributed by atoms with van der Waals surface area (Å²) in [5.41, 5.74) is 1.11. The first-order chi connectivity index (χ1) is 9.01. The van der Waals surface area contributed by atoms with E-state index in [0.29, 0.717) is 5.92 Å². The number of hydrogen-bond acceptors (Lipinski definition) is 5. The molecule has 0 bridgehead atoms. The predicted molar refractivity (Wildman–Crippen MR) is 78.5 cm³/mol. The summed E-state index contributed by atoms with van der Waals surface area (Å²) in [6.45, 7) is 7.49. The van der Waals surface area contributed by atoms with E-state index in [1.54, 1.807) is 0 Å². The lowest BCUT2D eigenvalue weighted by Crippen LogP contribution is -2.45. The zero-order valence-electron chi connectivity index (χ0n) is 12.6. The number of aromatic nitrogens is 2. The topological polar surface area (TPSA) is 44.3 Å². The van der Waals surface area contributed by atoms with Crippen molar-refractivity contribution in [2.24, 2.45) is 0 Å². The molecule has 0 radical (unpaired) electrons. The minimum atomic E-state index is 0.282. The molecular weight excluding hydrogens is 238 g/mol. The first-order valence-corrected chi connectivity index (χ1v) is 6.96. The van der Waals surface area contributed by atoms with Gasteiger partial charge in [-0.25, -0.2) is 9.97 Å². The van der Waals surface area contributed by atoms with Crippen LogP contribution in [-0.2, 0) is 0 Å². The highest BCUT2D eigenvalue weighted by Crippen LogP contribution is 2.24. The Hall–Kier alpha value is -1.20. The van der Waals surface area contributed by atoms with Gasteiger partial charge in [0, 0.05) is 38.4 Å². The van der Waals surface area contributed by atoms with E-state index in [4.69, 9.17) is 4.98 Å². The average Bonchev–Trinajstić information content (AvgIpc) is 2.40. The van der Waals surface area contributed by atoms with Crippen LogP contribution in [0.15, 0.2) is 6.07 Å². The van der Waals surface area contributed by atoms with Crippen molar-refractivity contribution in [2.75, 3.05) is 46.1 Å². The van der Waals surface area contributed by atoms with Crippen LogP contribution in [0.2, 0.25) is 0 Å². The van der Waals surface area contributed by atoms with Gasteiger partial charge in [0.25, 0.3) is 0 Å². The number of nitrogens with one attached hydrogen (secondary N) is 1. The third-order valence-electron chi connectivity index (χ3n) is 3.76. The highest BCUT2D eigenvalue weighted by Gasteiger charge is 2.26. The third-order valence-corrected chi connectivity index (χ3v) is 3.76. The second-order valence-electron chi connectivity index (χ2n) is 5.70. The van der Waals surface area contributed by atoms with E-state index < -0.39 is 0 Å². The van der Waals surface area contributed by atoms with E-state index in [0.717, 1.165) is 37.0 Å². The molecule has 1 unspecified atom stereocenters. The highest BCUT2D eigenvalue weighted by atomic mass is 15.3. The molecule has 19 heavy (non-hydrogen) atoms. The van der Waals surface area contributed by atoms with E-state index in [1.807, 2.05) is 13.1 Å². The number of rotatable bonds is 3. The van der Waals surface area contributed by atoms with Crippen LogP contribution >= 0.6 is 0 Å². The lowest BCUT2D eigenvalue weighted by atomic mass is 10.1. The maximum absolute atomic E-state index is 4.77. The number of piperazine rings is 1. The Bertz CT molecular complexity index is 432. The Morgan fingerprint density at radius 2 is 2.00 bits per heavy atom. The van der Waals surface area contributed by atoms with Crippen molar-refractivity contribution in [3.8, 4) is 0 Å². The molecule has 1 saturated heterocycles. The Labute approximate surface area is 116 Å². The number of nitrogens with zero attached hydrogens (tertiary/aromatic N) is 4. The van der Waals surface area contributed by atoms with E-state index in [-0.39, 0.29) is 6.04 Å². The summed E-state index contributed by atoms with van der Waals surface area (Å²) < 4.78 is 0. The molecule has 0 saturated carbocycles. The van der Waals surface area contributed by atoms with Crippen LogP contribution in [0.5, 0.6) is 0 Å². The van der Waals surface area contributed by atoms with Gasteiger partial charge in [-0.3, -0.25) is 4.90 Å². The molecule has 1 atom stereocenters. The fraction of sp³-hybridized carbons (Fsp3) is 0.714. The van der Waals surface area contributed by atoms with Crippen LogP contribution in [0.3, 0.4) is 0 Å². The fourth-order valence-electron chi connectivity index (χ4n) is 2.35. The van der Waals surface area contributed by atoms with E-state index in [9.17, 15) is 0 Å². The predicted octanol–water partition coefficient (Wildman–Crippen LogP) is 1.56. The zero-order chi connectivity index (χ0) is 14.0. The molecule has 5 heteroatoms. The largest absolute Gasteiger partial charge is 0.373 e. The van der Waals surface area contributed by atoms with Gasteiger partial charge in [0.2, 0.25) is 0 Å². The molecule has 2 rings (SSSR count). The maximum atomic E-state index is 4.77. The first-order valence-electron chi connectivity index (χ1n) is 6.96. The van der Waals surface area contributed by atoms with Gasteiger partial charge in [0.15, 0.2) is 0 Å². The second-order valence-corrected chi connectivity index (χ2v) is 5.70. The van der Waals surface area contributed by atoms with Crippen molar-refractivity contribution >= 4 is 5.82 Å². The standard InChI is InChI=1S/C14H25N5/c1-10(2)11-8-13(15-3)17-14(16-11)12-9-18(4)6-7-19(12)5/h8,10,12H,6-7,9H2,1-5H3,(H,15,16,17). The third kappa shape index (κ3) is 3.22. The van der Waals surface area contributed by atoms with Gasteiger partial charge in [-0.1, -0.05) is 13.8 Å². The van der Waals surface area contributed by atoms with Gasteiger partial charge >= 0.3 is 0 Å². The van der Waals surface area contributed by atoms with Crippen LogP contribution in [0.4, 0.5) is 5.82 Å². The highest BCUT2D eigenvalue weighted by molar-refractivity contribution is 5.36. The Morgan fingerprint density at radius 1 is 1.26 bits per heavy atom. The quantitative estimate of drug-likeness (QED) is 0.896. The zero-order valence-corrected chi connectivity index (χ0v) is 12.6. The van der Waals surface area contributed by atoms with Crippen LogP contribution in [-0.4, -0.2) is 60.5 Å². The Morgan fingerprint density at radius 3 is 2.63 bits per heavy atom. The van der Waals surface area contributed by atoms with Crippen molar-refractivity contribution in [3.63, 3.8) is 0 Å². The second kappa shape index (κ2) is 5.84. The minimum Gasteiger partial charge on any atom is -0.373 e. The van der Waals surface area contributed by atoms with Crippen LogP contribution in [0, 0.1) is 0 Å². The lowest BCUT2D eigenvalue weighted by Gasteiger charge is -2.36. The lowest BCUT2D eigenvalue weighted by molar-refractivity contribution is 0.109. The molecule has 1 aromatic heterocycles. The summed E-state index contributed by atoms with van der Waals surface area (Å²) in [6, 6.07) is 2.32. The molecule has 1 aromatic rings. The molecule has 1 aliphatic heterocycles. The summed E-state index contributed by atoms with van der Waals surface area (Å²) in [7, 11) is 6.22. The Kier molecular flexibility index (Phi) is 4.37. The van der Waals surface area contributed by atoms with Crippen molar-refractivity contribution in [3.05, 3.63) is 17.6 Å². The smallest absolute Gasteiger partial charge is 0.149 e. The number of anilines is 1. The van der Waals surface area contributed by atoms with Crippen LogP contribution in [0.25, 0.3) is 0 Å². The van der Waals surface area contributed by atoms with Gasteiger partial charge in [-0.05, 0) is 20.0 Å². The normalized spacial score (nSPS) is 21.9. The molecule has 106 valence electrons. The number of hydrogen-bond donors (Lipinski definition) is 1. The summed E-state index contributed by atoms with van der Waals surface area (Å²) in [5, 5.41) is 3.14. The Balaban J connectivity index is 2.34. The summed E-state index contributed by atoms with van der Waals surface area (Å²) in [4.78, 5) is 14.1. The molecule has 0 amide bonds. The van der Waals surface area contributed by atoms with Gasteiger partial charge in [-0.15, -0.1) is 0 Å². The van der Waals surface area contributed by atoms with Crippen molar-refractivity contribution in [1.29, 1.82) is 0 Å². The molecule has 1 fully saturated rings. The van der Waals surface area contributed by atoms with Crippen molar-refractivity contribution in [2.45, 2.75) is 25.8 Å². The SMILES string of the molecule is CNc1cc(C(C)C)nc(C2CN(C)CCN2C)n1. The molecule has 5 nitrogen and oxygen atoms in total. The van der Waals surface area contributed by atoms with E-state index >= 15 is 0 Å². The molecule has 0 spiro atoms. The summed E-state index contributed by atoms with van der Waals surface area (Å²) in [6.07, 6.45) is 0. The van der Waals surface area contributed by atoms with Gasteiger partial charge in [0.05, 0.1) is 6.04 Å². The molecule has 0 aliphatic carbocycles. The molecule has 2 heterocycles. The van der Waals surface area contributed by atoms with Crippen LogP contribution < -0.4 is 5.32 Å². The molecule has 1 aliphatic rings. The van der Waals surface area contributed by atoms with Gasteiger partial charge < -0.3 is 10.2 Å². The minimum absolute atomic E-state index is 0.282. The van der Waals surface area contributed by atoms with E-state index in [1.165, 1.54) is 0 Å². The first kappa shape index (κ1) is 14.2. The molecular formula is C14H25N5. The van der Waals surface area contributed by atoms with Crippen molar-refractivity contribution in [1.82, 2.24) is 19.8 Å². The fourth-order valence-corrected chi connectivity index (χ4v) is 2.35. The molecule has 0 aromatic carbocycles. The van der Waals surface area contributed by atoms with E-state index in [2.05, 4.69) is 48.0 Å². The van der Waals surface area contributed by atoms with Crippen molar-refractivity contribution < 1.29 is 0 Å². The van der Waals surface area contributed by atoms with Gasteiger partial charge in [-0.2, -0.15) is 0 Å². The molecule has 1 N–H and O–H groups in total.